The molecule has 2 atom stereocenters. The van der Waals surface area contributed by atoms with Crippen molar-refractivity contribution in [2.75, 3.05) is 13.6 Å². The molecule has 1 amide bonds. The summed E-state index contributed by atoms with van der Waals surface area (Å²) in [6.45, 7) is 2.94. The van der Waals surface area contributed by atoms with Gasteiger partial charge in [-0.15, -0.1) is 0 Å². The van der Waals surface area contributed by atoms with E-state index in [9.17, 15) is 4.79 Å². The van der Waals surface area contributed by atoms with E-state index in [2.05, 4.69) is 17.6 Å². The molecule has 1 aliphatic heterocycles. The van der Waals surface area contributed by atoms with Gasteiger partial charge in [-0.2, -0.15) is 0 Å². The van der Waals surface area contributed by atoms with Crippen LogP contribution in [0.4, 0.5) is 0 Å². The van der Waals surface area contributed by atoms with Crippen molar-refractivity contribution in [3.05, 3.63) is 0 Å². The van der Waals surface area contributed by atoms with Gasteiger partial charge in [-0.1, -0.05) is 0 Å². The van der Waals surface area contributed by atoms with Gasteiger partial charge < -0.3 is 10.6 Å². The molecule has 0 aromatic carbocycles. The second-order valence-corrected chi connectivity index (χ2v) is 2.85. The zero-order valence-electron chi connectivity index (χ0n) is 6.48. The Hall–Kier alpha value is -0.570. The molecule has 1 fully saturated rings. The van der Waals surface area contributed by atoms with E-state index in [1.165, 1.54) is 0 Å². The monoisotopic (exact) mass is 142 g/mol. The molecule has 0 saturated carbocycles. The molecular formula is C7H14N2O. The molecule has 0 spiro atoms. The van der Waals surface area contributed by atoms with Gasteiger partial charge in [0.1, 0.15) is 0 Å². The van der Waals surface area contributed by atoms with Crippen molar-refractivity contribution in [1.29, 1.82) is 0 Å². The fourth-order valence-electron chi connectivity index (χ4n) is 1.22. The van der Waals surface area contributed by atoms with Gasteiger partial charge in [0.2, 0.25) is 5.91 Å². The second kappa shape index (κ2) is 3.01. The number of rotatable bonds is 2. The maximum absolute atomic E-state index is 10.7. The Kier molecular flexibility index (Phi) is 2.27. The molecule has 0 aromatic rings. The first kappa shape index (κ1) is 7.54. The number of carbonyl (C=O) groups is 1. The van der Waals surface area contributed by atoms with E-state index in [1.807, 2.05) is 7.05 Å². The van der Waals surface area contributed by atoms with Crippen LogP contribution in [0.25, 0.3) is 0 Å². The minimum absolute atomic E-state index is 0.187. The number of carbonyl (C=O) groups excluding carboxylic acids is 1. The fraction of sp³-hybridized carbons (Fsp3) is 0.857. The van der Waals surface area contributed by atoms with Crippen molar-refractivity contribution in [2.24, 2.45) is 5.92 Å². The Balaban J connectivity index is 2.36. The van der Waals surface area contributed by atoms with Crippen LogP contribution in [0.1, 0.15) is 13.3 Å². The zero-order chi connectivity index (χ0) is 7.56. The molecule has 1 aliphatic rings. The minimum Gasteiger partial charge on any atom is -0.356 e. The summed E-state index contributed by atoms with van der Waals surface area (Å²) in [7, 11) is 1.92. The predicted molar refractivity (Wildman–Crippen MR) is 39.6 cm³/mol. The molecular weight excluding hydrogens is 128 g/mol. The summed E-state index contributed by atoms with van der Waals surface area (Å²) in [5.74, 6) is 0.671. The van der Waals surface area contributed by atoms with Crippen molar-refractivity contribution in [2.45, 2.75) is 19.4 Å². The van der Waals surface area contributed by atoms with Crippen LogP contribution >= 0.6 is 0 Å². The minimum atomic E-state index is 0.187. The highest BCUT2D eigenvalue weighted by atomic mass is 16.1. The molecule has 3 heteroatoms. The standard InChI is InChI=1S/C7H14N2O/c1-5(8-2)6-3-7(10)9-4-6/h5-6,8H,3-4H2,1-2H3,(H,9,10). The third-order valence-corrected chi connectivity index (χ3v) is 2.17. The Morgan fingerprint density at radius 2 is 2.50 bits per heavy atom. The van der Waals surface area contributed by atoms with Crippen LogP contribution in [0.2, 0.25) is 0 Å². The molecule has 0 aromatic heterocycles. The highest BCUT2D eigenvalue weighted by Gasteiger charge is 2.25. The first-order valence-corrected chi connectivity index (χ1v) is 3.68. The lowest BCUT2D eigenvalue weighted by Gasteiger charge is -2.15. The van der Waals surface area contributed by atoms with E-state index in [-0.39, 0.29) is 5.91 Å². The van der Waals surface area contributed by atoms with Crippen LogP contribution < -0.4 is 10.6 Å². The highest BCUT2D eigenvalue weighted by molar-refractivity contribution is 5.78. The van der Waals surface area contributed by atoms with Gasteiger partial charge in [0, 0.05) is 24.9 Å². The van der Waals surface area contributed by atoms with Gasteiger partial charge in [-0.05, 0) is 14.0 Å². The van der Waals surface area contributed by atoms with Gasteiger partial charge in [0.05, 0.1) is 0 Å². The normalized spacial score (nSPS) is 28.2. The van der Waals surface area contributed by atoms with Crippen molar-refractivity contribution in [3.63, 3.8) is 0 Å². The lowest BCUT2D eigenvalue weighted by atomic mass is 10.0. The summed E-state index contributed by atoms with van der Waals surface area (Å²) < 4.78 is 0. The Labute approximate surface area is 61.2 Å². The average Bonchev–Trinajstić information content (AvgIpc) is 2.34. The van der Waals surface area contributed by atoms with E-state index in [1.54, 1.807) is 0 Å². The predicted octanol–water partition coefficient (Wildman–Crippen LogP) is -0.270. The first-order chi connectivity index (χ1) is 4.74. The van der Waals surface area contributed by atoms with Crippen molar-refractivity contribution in [3.8, 4) is 0 Å². The quantitative estimate of drug-likeness (QED) is 0.557. The van der Waals surface area contributed by atoms with Crippen molar-refractivity contribution in [1.82, 2.24) is 10.6 Å². The van der Waals surface area contributed by atoms with E-state index in [0.717, 1.165) is 6.54 Å². The Morgan fingerprint density at radius 3 is 2.90 bits per heavy atom. The smallest absolute Gasteiger partial charge is 0.220 e. The van der Waals surface area contributed by atoms with E-state index in [0.29, 0.717) is 18.4 Å². The third-order valence-electron chi connectivity index (χ3n) is 2.17. The Bertz CT molecular complexity index is 136. The van der Waals surface area contributed by atoms with Crippen LogP contribution in [0.3, 0.4) is 0 Å². The average molecular weight is 142 g/mol. The lowest BCUT2D eigenvalue weighted by molar-refractivity contribution is -0.119. The molecule has 58 valence electrons. The Morgan fingerprint density at radius 1 is 1.80 bits per heavy atom. The van der Waals surface area contributed by atoms with Gasteiger partial charge in [0.15, 0.2) is 0 Å². The van der Waals surface area contributed by atoms with Crippen LogP contribution in [-0.4, -0.2) is 25.5 Å². The number of hydrogen-bond donors (Lipinski definition) is 2. The summed E-state index contributed by atoms with van der Waals surface area (Å²) in [5.41, 5.74) is 0. The van der Waals surface area contributed by atoms with Crippen LogP contribution in [0.5, 0.6) is 0 Å². The molecule has 2 N–H and O–H groups in total. The SMILES string of the molecule is CNC(C)C1CNC(=O)C1. The summed E-state index contributed by atoms with van der Waals surface area (Å²) in [5, 5.41) is 5.94. The molecule has 1 heterocycles. The maximum Gasteiger partial charge on any atom is 0.220 e. The van der Waals surface area contributed by atoms with E-state index >= 15 is 0 Å². The van der Waals surface area contributed by atoms with Crippen LogP contribution in [0.15, 0.2) is 0 Å². The number of nitrogens with one attached hydrogen (secondary N) is 2. The third kappa shape index (κ3) is 1.48. The molecule has 1 rings (SSSR count). The summed E-state index contributed by atoms with van der Waals surface area (Å²) in [4.78, 5) is 10.7. The molecule has 0 aliphatic carbocycles. The lowest BCUT2D eigenvalue weighted by Crippen LogP contribution is -2.31. The summed E-state index contributed by atoms with van der Waals surface area (Å²) in [6.07, 6.45) is 0.683. The van der Waals surface area contributed by atoms with Gasteiger partial charge in [-0.25, -0.2) is 0 Å². The van der Waals surface area contributed by atoms with E-state index < -0.39 is 0 Å². The second-order valence-electron chi connectivity index (χ2n) is 2.85. The summed E-state index contributed by atoms with van der Waals surface area (Å²) >= 11 is 0. The highest BCUT2D eigenvalue weighted by Crippen LogP contribution is 2.12. The van der Waals surface area contributed by atoms with Gasteiger partial charge >= 0.3 is 0 Å². The molecule has 0 bridgehead atoms. The fourth-order valence-corrected chi connectivity index (χ4v) is 1.22. The largest absolute Gasteiger partial charge is 0.356 e. The molecule has 3 nitrogen and oxygen atoms in total. The van der Waals surface area contributed by atoms with Crippen molar-refractivity contribution < 1.29 is 4.79 Å². The van der Waals surface area contributed by atoms with Crippen LogP contribution in [0, 0.1) is 5.92 Å². The molecule has 2 unspecified atom stereocenters. The topological polar surface area (TPSA) is 41.1 Å². The maximum atomic E-state index is 10.7. The first-order valence-electron chi connectivity index (χ1n) is 3.68. The van der Waals surface area contributed by atoms with Gasteiger partial charge in [-0.3, -0.25) is 4.79 Å². The van der Waals surface area contributed by atoms with Crippen molar-refractivity contribution >= 4 is 5.91 Å². The molecule has 0 radical (unpaired) electrons. The van der Waals surface area contributed by atoms with Crippen LogP contribution in [-0.2, 0) is 4.79 Å². The van der Waals surface area contributed by atoms with E-state index in [4.69, 9.17) is 0 Å². The molecule has 10 heavy (non-hydrogen) atoms. The summed E-state index contributed by atoms with van der Waals surface area (Å²) in [6, 6.07) is 0.443. The molecule has 1 saturated heterocycles. The number of hydrogen-bond acceptors (Lipinski definition) is 2. The zero-order valence-corrected chi connectivity index (χ0v) is 6.48. The van der Waals surface area contributed by atoms with Gasteiger partial charge in [0.25, 0.3) is 0 Å². The number of amides is 1.